The fourth-order valence-electron chi connectivity index (χ4n) is 3.58. The van der Waals surface area contributed by atoms with Crippen molar-refractivity contribution in [1.82, 2.24) is 15.5 Å². The zero-order chi connectivity index (χ0) is 18.8. The molecule has 0 fully saturated rings. The maximum atomic E-state index is 12.6. The molecule has 0 aliphatic heterocycles. The van der Waals surface area contributed by atoms with Gasteiger partial charge in [0.1, 0.15) is 17.2 Å². The lowest BCUT2D eigenvalue weighted by molar-refractivity contribution is 0.0948. The van der Waals surface area contributed by atoms with Crippen LogP contribution in [0.15, 0.2) is 42.5 Å². The highest BCUT2D eigenvalue weighted by atomic mass is 16.5. The van der Waals surface area contributed by atoms with E-state index in [4.69, 9.17) is 4.74 Å². The number of nitrogens with zero attached hydrogens (tertiary/aromatic N) is 1. The summed E-state index contributed by atoms with van der Waals surface area (Å²) in [6, 6.07) is 12.9. The predicted octanol–water partition coefficient (Wildman–Crippen LogP) is 2.86. The number of hydrogen-bond acceptors (Lipinski definition) is 4. The fourth-order valence-corrected chi connectivity index (χ4v) is 3.58. The Morgan fingerprint density at radius 3 is 2.74 bits per heavy atom. The van der Waals surface area contributed by atoms with Crippen LogP contribution in [0.4, 0.5) is 0 Å². The summed E-state index contributed by atoms with van der Waals surface area (Å²) in [5.41, 5.74) is 5.54. The Hall–Kier alpha value is -3.28. The number of amides is 1. The van der Waals surface area contributed by atoms with Crippen molar-refractivity contribution in [3.8, 4) is 22.8 Å². The van der Waals surface area contributed by atoms with Crippen LogP contribution in [0.5, 0.6) is 11.5 Å². The molecule has 1 aliphatic rings. The maximum Gasteiger partial charge on any atom is 0.269 e. The van der Waals surface area contributed by atoms with Gasteiger partial charge in [0, 0.05) is 23.2 Å². The van der Waals surface area contributed by atoms with Gasteiger partial charge in [-0.25, -0.2) is 0 Å². The van der Waals surface area contributed by atoms with Crippen LogP contribution < -0.4 is 10.1 Å². The third kappa shape index (κ3) is 3.26. The number of H-pyrrole nitrogens is 1. The Bertz CT molecular complexity index is 977. The number of rotatable bonds is 5. The lowest BCUT2D eigenvalue weighted by Gasteiger charge is -2.18. The standard InChI is InChI=1S/C21H21N3O3/c1-27-18-4-2-3-16-15(18)9-10-17-19(16)23-24-20(17)21(26)22-12-11-13-5-7-14(25)8-6-13/h2-8,25H,9-12H2,1H3,(H,22,26)(H,23,24). The number of nitrogens with one attached hydrogen (secondary N) is 2. The van der Waals surface area contributed by atoms with Crippen molar-refractivity contribution in [2.45, 2.75) is 19.3 Å². The lowest BCUT2D eigenvalue weighted by atomic mass is 9.88. The molecule has 1 amide bonds. The number of benzene rings is 2. The van der Waals surface area contributed by atoms with Crippen LogP contribution in [0.1, 0.15) is 27.2 Å². The number of hydrogen-bond donors (Lipinski definition) is 3. The van der Waals surface area contributed by atoms with Crippen molar-refractivity contribution in [2.75, 3.05) is 13.7 Å². The Balaban J connectivity index is 1.48. The molecule has 1 aromatic heterocycles. The largest absolute Gasteiger partial charge is 0.508 e. The second-order valence-corrected chi connectivity index (χ2v) is 6.58. The van der Waals surface area contributed by atoms with E-state index in [1.165, 1.54) is 0 Å². The summed E-state index contributed by atoms with van der Waals surface area (Å²) in [6.07, 6.45) is 2.27. The van der Waals surface area contributed by atoms with Gasteiger partial charge in [-0.3, -0.25) is 9.89 Å². The van der Waals surface area contributed by atoms with Crippen LogP contribution in [0.2, 0.25) is 0 Å². The number of phenolic OH excluding ortho intramolecular Hbond substituents is 1. The van der Waals surface area contributed by atoms with E-state index in [1.54, 1.807) is 19.2 Å². The Kier molecular flexibility index (Phi) is 4.54. The molecular formula is C21H21N3O3. The van der Waals surface area contributed by atoms with Gasteiger partial charge in [-0.15, -0.1) is 0 Å². The third-order valence-electron chi connectivity index (χ3n) is 4.96. The molecule has 0 radical (unpaired) electrons. The summed E-state index contributed by atoms with van der Waals surface area (Å²) in [7, 11) is 1.67. The second kappa shape index (κ2) is 7.15. The zero-order valence-electron chi connectivity index (χ0n) is 15.1. The first kappa shape index (κ1) is 17.1. The number of aromatic nitrogens is 2. The smallest absolute Gasteiger partial charge is 0.269 e. The molecule has 3 aromatic rings. The van der Waals surface area contributed by atoms with Gasteiger partial charge < -0.3 is 15.2 Å². The van der Waals surface area contributed by atoms with Crippen LogP contribution in [0, 0.1) is 0 Å². The van der Waals surface area contributed by atoms with Crippen molar-refractivity contribution in [1.29, 1.82) is 0 Å². The predicted molar refractivity (Wildman–Crippen MR) is 102 cm³/mol. The van der Waals surface area contributed by atoms with Crippen LogP contribution in [0.25, 0.3) is 11.3 Å². The van der Waals surface area contributed by atoms with Crippen molar-refractivity contribution >= 4 is 5.91 Å². The van der Waals surface area contributed by atoms with Gasteiger partial charge in [-0.1, -0.05) is 24.3 Å². The molecule has 0 unspecified atom stereocenters. The normalized spacial score (nSPS) is 12.2. The highest BCUT2D eigenvalue weighted by molar-refractivity contribution is 5.96. The van der Waals surface area contributed by atoms with E-state index >= 15 is 0 Å². The average Bonchev–Trinajstić information content (AvgIpc) is 3.13. The topological polar surface area (TPSA) is 87.2 Å². The van der Waals surface area contributed by atoms with Gasteiger partial charge in [0.25, 0.3) is 5.91 Å². The first-order valence-electron chi connectivity index (χ1n) is 8.97. The van der Waals surface area contributed by atoms with E-state index in [2.05, 4.69) is 15.5 Å². The molecule has 27 heavy (non-hydrogen) atoms. The highest BCUT2D eigenvalue weighted by Gasteiger charge is 2.26. The van der Waals surface area contributed by atoms with Gasteiger partial charge in [0.2, 0.25) is 0 Å². The Labute approximate surface area is 157 Å². The number of aromatic amines is 1. The number of aromatic hydroxyl groups is 1. The van der Waals surface area contributed by atoms with E-state index in [-0.39, 0.29) is 11.7 Å². The minimum Gasteiger partial charge on any atom is -0.508 e. The third-order valence-corrected chi connectivity index (χ3v) is 4.96. The van der Waals surface area contributed by atoms with Gasteiger partial charge in [-0.2, -0.15) is 5.10 Å². The van der Waals surface area contributed by atoms with Crippen molar-refractivity contribution < 1.29 is 14.6 Å². The average molecular weight is 363 g/mol. The van der Waals surface area contributed by atoms with Crippen LogP contribution in [-0.4, -0.2) is 34.9 Å². The summed E-state index contributed by atoms with van der Waals surface area (Å²) in [4.78, 5) is 12.6. The SMILES string of the molecule is COc1cccc2c1CCc1c-2n[nH]c1C(=O)NCCc1ccc(O)cc1. The molecular weight excluding hydrogens is 342 g/mol. The summed E-state index contributed by atoms with van der Waals surface area (Å²) in [5.74, 6) is 0.957. The number of phenols is 1. The summed E-state index contributed by atoms with van der Waals surface area (Å²) < 4.78 is 5.45. The van der Waals surface area contributed by atoms with E-state index in [0.29, 0.717) is 18.7 Å². The first-order chi connectivity index (χ1) is 13.2. The molecule has 3 N–H and O–H groups in total. The molecule has 1 heterocycles. The second-order valence-electron chi connectivity index (χ2n) is 6.58. The van der Waals surface area contributed by atoms with Gasteiger partial charge in [-0.05, 0) is 43.0 Å². The molecule has 6 nitrogen and oxygen atoms in total. The molecule has 0 atom stereocenters. The zero-order valence-corrected chi connectivity index (χ0v) is 15.1. The molecule has 0 spiro atoms. The molecule has 1 aliphatic carbocycles. The number of carbonyl (C=O) groups is 1. The Morgan fingerprint density at radius 1 is 1.19 bits per heavy atom. The minimum atomic E-state index is -0.145. The van der Waals surface area contributed by atoms with Gasteiger partial charge >= 0.3 is 0 Å². The van der Waals surface area contributed by atoms with Crippen molar-refractivity contribution in [3.05, 3.63) is 64.8 Å². The van der Waals surface area contributed by atoms with E-state index in [1.807, 2.05) is 30.3 Å². The van der Waals surface area contributed by atoms with Gasteiger partial charge in [0.15, 0.2) is 0 Å². The molecule has 0 saturated heterocycles. The highest BCUT2D eigenvalue weighted by Crippen LogP contribution is 2.37. The molecule has 138 valence electrons. The molecule has 4 rings (SSSR count). The minimum absolute atomic E-state index is 0.145. The number of ether oxygens (including phenoxy) is 1. The fraction of sp³-hybridized carbons (Fsp3) is 0.238. The molecule has 0 bridgehead atoms. The van der Waals surface area contributed by atoms with E-state index < -0.39 is 0 Å². The summed E-state index contributed by atoms with van der Waals surface area (Å²) in [6.45, 7) is 0.516. The van der Waals surface area contributed by atoms with E-state index in [9.17, 15) is 9.90 Å². The van der Waals surface area contributed by atoms with Crippen molar-refractivity contribution in [3.63, 3.8) is 0 Å². The summed E-state index contributed by atoms with van der Waals surface area (Å²) in [5, 5.41) is 19.6. The van der Waals surface area contributed by atoms with Crippen LogP contribution in [-0.2, 0) is 19.3 Å². The van der Waals surface area contributed by atoms with Gasteiger partial charge in [0.05, 0.1) is 12.8 Å². The number of fused-ring (bicyclic) bond motifs is 3. The molecule has 6 heteroatoms. The van der Waals surface area contributed by atoms with E-state index in [0.717, 1.165) is 46.5 Å². The Morgan fingerprint density at radius 2 is 1.96 bits per heavy atom. The quantitative estimate of drug-likeness (QED) is 0.650. The van der Waals surface area contributed by atoms with Crippen LogP contribution in [0.3, 0.4) is 0 Å². The first-order valence-corrected chi connectivity index (χ1v) is 8.97. The van der Waals surface area contributed by atoms with Crippen molar-refractivity contribution in [2.24, 2.45) is 0 Å². The van der Waals surface area contributed by atoms with Crippen LogP contribution >= 0.6 is 0 Å². The number of methoxy groups -OCH3 is 1. The molecule has 0 saturated carbocycles. The maximum absolute atomic E-state index is 12.6. The lowest BCUT2D eigenvalue weighted by Crippen LogP contribution is -2.27. The summed E-state index contributed by atoms with van der Waals surface area (Å²) >= 11 is 0. The number of carbonyl (C=O) groups excluding carboxylic acids is 1. The monoisotopic (exact) mass is 363 g/mol. The molecule has 2 aromatic carbocycles.